The summed E-state index contributed by atoms with van der Waals surface area (Å²) in [5.41, 5.74) is 21.4. The van der Waals surface area contributed by atoms with Crippen molar-refractivity contribution in [3.63, 3.8) is 0 Å². The molecule has 410 valence electrons. The van der Waals surface area contributed by atoms with Crippen molar-refractivity contribution in [3.05, 3.63) is 228 Å². The normalized spacial score (nSPS) is 16.8. The van der Waals surface area contributed by atoms with Crippen LogP contribution in [-0.4, -0.2) is 6.71 Å². The van der Waals surface area contributed by atoms with Crippen molar-refractivity contribution < 1.29 is 4.42 Å². The van der Waals surface area contributed by atoms with Gasteiger partial charge < -0.3 is 19.1 Å². The summed E-state index contributed by atoms with van der Waals surface area (Å²) in [6, 6.07) is 77.4. The third-order valence-electron chi connectivity index (χ3n) is 18.8. The van der Waals surface area contributed by atoms with Crippen molar-refractivity contribution >= 4 is 95.5 Å². The highest BCUT2D eigenvalue weighted by Crippen LogP contribution is 2.79. The molecule has 14 rings (SSSR count). The van der Waals surface area contributed by atoms with Gasteiger partial charge in [-0.05, 0) is 182 Å². The molecule has 3 aliphatic heterocycles. The lowest BCUT2D eigenvalue weighted by atomic mass is 9.35. The van der Waals surface area contributed by atoms with Gasteiger partial charge in [-0.1, -0.05) is 187 Å². The van der Waals surface area contributed by atoms with Crippen LogP contribution in [0.25, 0.3) is 11.0 Å². The molecule has 0 bridgehead atoms. The zero-order chi connectivity index (χ0) is 57.0. The maximum Gasteiger partial charge on any atom is 0.297 e. The molecule has 0 amide bonds. The number of fused-ring (bicyclic) bond motifs is 9. The minimum atomic E-state index is -2.00. The Hall–Kier alpha value is -7.67. The quantitative estimate of drug-likeness (QED) is 0.160. The fourth-order valence-electron chi connectivity index (χ4n) is 14.1. The topological polar surface area (TPSA) is 22.9 Å². The minimum Gasteiger partial charge on any atom is -0.468 e. The van der Waals surface area contributed by atoms with E-state index in [1.165, 1.54) is 75.4 Å². The first-order valence-electron chi connectivity index (χ1n) is 29.7. The van der Waals surface area contributed by atoms with Gasteiger partial charge in [-0.2, -0.15) is 0 Å². The first kappa shape index (κ1) is 52.4. The lowest BCUT2D eigenvalue weighted by Gasteiger charge is -2.50. The van der Waals surface area contributed by atoms with E-state index in [-0.39, 0.29) is 33.8 Å². The molecule has 1 aromatic heterocycles. The third-order valence-corrected chi connectivity index (χ3v) is 22.8. The van der Waals surface area contributed by atoms with Gasteiger partial charge in [0.2, 0.25) is 0 Å². The second kappa shape index (κ2) is 18.2. The largest absolute Gasteiger partial charge is 0.468 e. The lowest BCUT2D eigenvalue weighted by molar-refractivity contribution is 0.332. The van der Waals surface area contributed by atoms with Gasteiger partial charge in [0.05, 0.1) is 28.4 Å². The van der Waals surface area contributed by atoms with Gasteiger partial charge in [-0.25, -0.2) is 0 Å². The van der Waals surface area contributed by atoms with E-state index in [1.807, 2.05) is 0 Å². The predicted molar refractivity (Wildman–Crippen MR) is 350 cm³/mol. The van der Waals surface area contributed by atoms with Crippen LogP contribution in [0.5, 0.6) is 0 Å². The van der Waals surface area contributed by atoms with Gasteiger partial charge in [0.25, 0.3) is 6.71 Å². The molecule has 0 atom stereocenters. The highest BCUT2D eigenvalue weighted by molar-refractivity contribution is 8.34. The first-order chi connectivity index (χ1) is 39.1. The van der Waals surface area contributed by atoms with Crippen molar-refractivity contribution in [1.82, 2.24) is 0 Å². The van der Waals surface area contributed by atoms with E-state index in [4.69, 9.17) is 4.42 Å². The fourth-order valence-corrected chi connectivity index (χ4v) is 18.3. The van der Waals surface area contributed by atoms with Crippen molar-refractivity contribution in [2.75, 3.05) is 14.7 Å². The SMILES string of the molecule is CC(C)(C)c1ccc(N2c3cc4c(cc3B3c5oc6ccc(C(C)(C)C)cc6c5N(c5ccc(C(C)(C)C)cc5)c5cc(N6c7ccccc7S(c7ccccc7)(c7ccccc7)c7ccccc76)cc2c53)C(C)(C)CCC4(C)C)cc1. The summed E-state index contributed by atoms with van der Waals surface area (Å²) in [6.07, 6.45) is 2.25. The van der Waals surface area contributed by atoms with E-state index in [9.17, 15) is 0 Å². The second-order valence-electron chi connectivity index (χ2n) is 28.1. The van der Waals surface area contributed by atoms with E-state index in [0.29, 0.717) is 0 Å². The van der Waals surface area contributed by atoms with Gasteiger partial charge in [0.1, 0.15) is 5.58 Å². The van der Waals surface area contributed by atoms with Crippen molar-refractivity contribution in [1.29, 1.82) is 0 Å². The van der Waals surface area contributed by atoms with Gasteiger partial charge in [0.15, 0.2) is 0 Å². The molecule has 0 spiro atoms. The molecule has 82 heavy (non-hydrogen) atoms. The Labute approximate surface area is 489 Å². The molecule has 0 fully saturated rings. The van der Waals surface area contributed by atoms with Gasteiger partial charge >= 0.3 is 0 Å². The Kier molecular flexibility index (Phi) is 11.6. The Morgan fingerprint density at radius 2 is 0.854 bits per heavy atom. The molecule has 0 radical (unpaired) electrons. The number of hydrogen-bond donors (Lipinski definition) is 0. The number of nitrogens with zero attached hydrogens (tertiary/aromatic N) is 3. The average Bonchev–Trinajstić information content (AvgIpc) is 2.57. The van der Waals surface area contributed by atoms with Gasteiger partial charge in [0, 0.05) is 53.4 Å². The van der Waals surface area contributed by atoms with Crippen LogP contribution in [0, 0.1) is 0 Å². The molecule has 4 aliphatic rings. The molecule has 1 aliphatic carbocycles. The zero-order valence-corrected chi connectivity index (χ0v) is 51.0. The van der Waals surface area contributed by atoms with Crippen LogP contribution in [0.4, 0.5) is 51.2 Å². The molecule has 0 saturated carbocycles. The van der Waals surface area contributed by atoms with E-state index in [1.54, 1.807) is 0 Å². The molecule has 4 heterocycles. The summed E-state index contributed by atoms with van der Waals surface area (Å²) >= 11 is 0. The van der Waals surface area contributed by atoms with Crippen LogP contribution >= 0.6 is 10.0 Å². The maximum atomic E-state index is 7.60. The molecule has 0 unspecified atom stereocenters. The molecule has 4 nitrogen and oxygen atoms in total. The number of anilines is 9. The number of rotatable bonds is 5. The minimum absolute atomic E-state index is 0.0173. The molecule has 10 aromatic rings. The smallest absolute Gasteiger partial charge is 0.297 e. The first-order valence-corrected chi connectivity index (χ1v) is 31.4. The summed E-state index contributed by atoms with van der Waals surface area (Å²) in [5, 5.41) is 1.13. The van der Waals surface area contributed by atoms with Crippen molar-refractivity contribution in [2.45, 2.75) is 150 Å². The molecular weight excluding hydrogens is 1010 g/mol. The summed E-state index contributed by atoms with van der Waals surface area (Å²) in [4.78, 5) is 13.1. The van der Waals surface area contributed by atoms with E-state index in [0.717, 1.165) is 63.6 Å². The highest BCUT2D eigenvalue weighted by atomic mass is 32.3. The number of benzene rings is 9. The Morgan fingerprint density at radius 3 is 1.37 bits per heavy atom. The number of para-hydroxylation sites is 2. The van der Waals surface area contributed by atoms with Gasteiger partial charge in [-0.15, -0.1) is 10.0 Å². The zero-order valence-electron chi connectivity index (χ0n) is 50.2. The van der Waals surface area contributed by atoms with E-state index < -0.39 is 10.0 Å². The van der Waals surface area contributed by atoms with Crippen LogP contribution < -0.4 is 31.3 Å². The van der Waals surface area contributed by atoms with Gasteiger partial charge in [-0.3, -0.25) is 0 Å². The summed E-state index contributed by atoms with van der Waals surface area (Å²) in [7, 11) is -2.00. The second-order valence-corrected chi connectivity index (χ2v) is 31.2. The monoisotopic (exact) mass is 1090 g/mol. The number of hydrogen-bond acceptors (Lipinski definition) is 4. The average molecular weight is 1090 g/mol. The van der Waals surface area contributed by atoms with Crippen LogP contribution in [-0.2, 0) is 27.1 Å². The Bertz CT molecular complexity index is 4080. The predicted octanol–water partition coefficient (Wildman–Crippen LogP) is 19.9. The Balaban J connectivity index is 1.14. The summed E-state index contributed by atoms with van der Waals surface area (Å²) < 4.78 is 7.60. The Morgan fingerprint density at radius 1 is 0.415 bits per heavy atom. The molecular formula is C76H76BN3OS. The standard InChI is InChI=1S/C76H76BN3OS/c1-72(2,3)49-32-37-52(38-33-49)78-63-48-59-58(75(10,11)42-43-76(59,12)13)47-60(63)77-69-64(78)45-54(46-65(69)80(53-39-34-50(35-40-53)73(4,5)6)70-57-44-51(74(7,8)9)36-41-66(57)81-71(70)77)79-61-28-20-22-30-67(61)82(55-24-16-14-17-25-55,56-26-18-15-19-27-56)68-31-23-21-29-62(68)79/h14-41,44-48H,42-43H2,1-13H3. The maximum absolute atomic E-state index is 7.60. The van der Waals surface area contributed by atoms with E-state index >= 15 is 0 Å². The van der Waals surface area contributed by atoms with Crippen molar-refractivity contribution in [3.8, 4) is 0 Å². The summed E-state index contributed by atoms with van der Waals surface area (Å²) in [6.45, 7) is 30.5. The van der Waals surface area contributed by atoms with Crippen LogP contribution in [0.2, 0.25) is 0 Å². The molecule has 6 heteroatoms. The molecule has 9 aromatic carbocycles. The molecule has 0 saturated heterocycles. The van der Waals surface area contributed by atoms with E-state index in [2.05, 4.69) is 305 Å². The van der Waals surface area contributed by atoms with Crippen LogP contribution in [0.15, 0.2) is 224 Å². The highest BCUT2D eigenvalue weighted by Gasteiger charge is 2.51. The third kappa shape index (κ3) is 7.87. The van der Waals surface area contributed by atoms with Crippen LogP contribution in [0.1, 0.15) is 131 Å². The molecule has 0 N–H and O–H groups in total. The lowest BCUT2D eigenvalue weighted by Crippen LogP contribution is -2.61. The summed E-state index contributed by atoms with van der Waals surface area (Å²) in [5.74, 6) is 0. The van der Waals surface area contributed by atoms with Crippen LogP contribution in [0.3, 0.4) is 0 Å². The number of furan rings is 1. The fraction of sp³-hybridized carbons (Fsp3) is 0.263. The van der Waals surface area contributed by atoms with Crippen molar-refractivity contribution in [2.24, 2.45) is 0 Å².